The highest BCUT2D eigenvalue weighted by Crippen LogP contribution is 2.22. The van der Waals surface area contributed by atoms with Gasteiger partial charge < -0.3 is 9.84 Å². The fourth-order valence-electron chi connectivity index (χ4n) is 1.44. The van der Waals surface area contributed by atoms with Gasteiger partial charge in [-0.3, -0.25) is 4.98 Å². The topological polar surface area (TPSA) is 63.8 Å². The molecule has 0 aliphatic rings. The highest BCUT2D eigenvalue weighted by molar-refractivity contribution is 6.32. The van der Waals surface area contributed by atoms with Crippen LogP contribution in [0.2, 0.25) is 5.02 Å². The molecule has 0 bridgehead atoms. The second-order valence-electron chi connectivity index (χ2n) is 4.37. The molecule has 0 aliphatic carbocycles. The van der Waals surface area contributed by atoms with E-state index in [1.807, 2.05) is 0 Å². The van der Waals surface area contributed by atoms with Crippen molar-refractivity contribution < 1.29 is 4.52 Å². The van der Waals surface area contributed by atoms with Crippen LogP contribution in [0.1, 0.15) is 19.7 Å². The molecule has 6 heteroatoms. The average molecular weight is 267 g/mol. The number of halogens is 1. The van der Waals surface area contributed by atoms with Crippen molar-refractivity contribution in [2.75, 3.05) is 6.54 Å². The largest absolute Gasteiger partial charge is 0.337 e. The number of rotatable bonds is 5. The summed E-state index contributed by atoms with van der Waals surface area (Å²) in [5.41, 5.74) is 0.540. The van der Waals surface area contributed by atoms with E-state index in [0.29, 0.717) is 34.9 Å². The molecular weight excluding hydrogens is 252 g/mol. The van der Waals surface area contributed by atoms with E-state index >= 15 is 0 Å². The molecule has 0 aliphatic heterocycles. The van der Waals surface area contributed by atoms with Crippen LogP contribution in [-0.2, 0) is 6.54 Å². The number of nitrogens with zero attached hydrogens (tertiary/aromatic N) is 3. The molecule has 0 atom stereocenters. The Bertz CT molecular complexity index is 512. The molecule has 0 fully saturated rings. The molecule has 0 saturated heterocycles. The van der Waals surface area contributed by atoms with Gasteiger partial charge in [-0.1, -0.05) is 30.6 Å². The average Bonchev–Trinajstić information content (AvgIpc) is 2.78. The Balaban J connectivity index is 2.04. The third-order valence-electron chi connectivity index (χ3n) is 2.27. The molecule has 0 radical (unpaired) electrons. The maximum Gasteiger partial charge on any atom is 0.240 e. The van der Waals surface area contributed by atoms with Crippen LogP contribution in [0.3, 0.4) is 0 Å². The van der Waals surface area contributed by atoms with Gasteiger partial charge in [-0.25, -0.2) is 0 Å². The predicted octanol–water partition coefficient (Wildman–Crippen LogP) is 2.53. The van der Waals surface area contributed by atoms with Gasteiger partial charge in [0.2, 0.25) is 11.7 Å². The van der Waals surface area contributed by atoms with Crippen LogP contribution >= 0.6 is 11.6 Å². The Labute approximate surface area is 111 Å². The first-order valence-corrected chi connectivity index (χ1v) is 6.19. The van der Waals surface area contributed by atoms with Gasteiger partial charge in [0.15, 0.2) is 0 Å². The number of pyridine rings is 1. The second-order valence-corrected chi connectivity index (χ2v) is 4.78. The van der Waals surface area contributed by atoms with Crippen LogP contribution in [0, 0.1) is 5.92 Å². The zero-order valence-electron chi connectivity index (χ0n) is 10.4. The lowest BCUT2D eigenvalue weighted by molar-refractivity contribution is 0.364. The molecular formula is C12H15ClN4O. The van der Waals surface area contributed by atoms with Crippen molar-refractivity contribution in [1.29, 1.82) is 0 Å². The third-order valence-corrected chi connectivity index (χ3v) is 2.57. The summed E-state index contributed by atoms with van der Waals surface area (Å²) in [4.78, 5) is 8.38. The number of hydrogen-bond acceptors (Lipinski definition) is 5. The van der Waals surface area contributed by atoms with Crippen LogP contribution in [0.25, 0.3) is 11.5 Å². The van der Waals surface area contributed by atoms with E-state index in [0.717, 1.165) is 6.54 Å². The number of aromatic nitrogens is 3. The fraction of sp³-hybridized carbons (Fsp3) is 0.417. The van der Waals surface area contributed by atoms with Crippen molar-refractivity contribution in [3.05, 3.63) is 29.2 Å². The molecule has 0 amide bonds. The number of hydrogen-bond donors (Lipinski definition) is 1. The van der Waals surface area contributed by atoms with Crippen molar-refractivity contribution in [2.24, 2.45) is 5.92 Å². The second kappa shape index (κ2) is 5.93. The molecule has 0 saturated carbocycles. The van der Waals surface area contributed by atoms with Gasteiger partial charge in [0.25, 0.3) is 0 Å². The maximum absolute atomic E-state index is 6.01. The molecule has 2 rings (SSSR count). The fourth-order valence-corrected chi connectivity index (χ4v) is 1.65. The van der Waals surface area contributed by atoms with E-state index in [1.165, 1.54) is 0 Å². The first-order valence-electron chi connectivity index (χ1n) is 5.81. The van der Waals surface area contributed by atoms with E-state index in [2.05, 4.69) is 34.3 Å². The van der Waals surface area contributed by atoms with E-state index in [9.17, 15) is 0 Å². The van der Waals surface area contributed by atoms with Crippen LogP contribution in [-0.4, -0.2) is 21.7 Å². The van der Waals surface area contributed by atoms with Crippen molar-refractivity contribution >= 4 is 11.6 Å². The van der Waals surface area contributed by atoms with Crippen LogP contribution < -0.4 is 5.32 Å². The Hall–Kier alpha value is -1.46. The minimum Gasteiger partial charge on any atom is -0.337 e. The monoisotopic (exact) mass is 266 g/mol. The standard InChI is InChI=1S/C12H15ClN4O/c1-8(2)6-14-7-10-16-12(17-18-10)11-9(13)4-3-5-15-11/h3-5,8,14H,6-7H2,1-2H3. The quantitative estimate of drug-likeness (QED) is 0.901. The van der Waals surface area contributed by atoms with E-state index in [1.54, 1.807) is 18.3 Å². The normalized spacial score (nSPS) is 11.1. The summed E-state index contributed by atoms with van der Waals surface area (Å²) in [6.07, 6.45) is 1.65. The molecule has 2 heterocycles. The van der Waals surface area contributed by atoms with Gasteiger partial charge in [0, 0.05) is 6.20 Å². The zero-order chi connectivity index (χ0) is 13.0. The van der Waals surface area contributed by atoms with Gasteiger partial charge in [-0.2, -0.15) is 4.98 Å². The smallest absolute Gasteiger partial charge is 0.240 e. The van der Waals surface area contributed by atoms with Crippen molar-refractivity contribution in [1.82, 2.24) is 20.4 Å². The lowest BCUT2D eigenvalue weighted by Crippen LogP contribution is -2.19. The van der Waals surface area contributed by atoms with Gasteiger partial charge in [0.1, 0.15) is 5.69 Å². The van der Waals surface area contributed by atoms with E-state index < -0.39 is 0 Å². The Kier molecular flexibility index (Phi) is 4.28. The van der Waals surface area contributed by atoms with Crippen molar-refractivity contribution in [3.8, 4) is 11.5 Å². The SMILES string of the molecule is CC(C)CNCc1nc(-c2ncccc2Cl)no1. The summed E-state index contributed by atoms with van der Waals surface area (Å²) < 4.78 is 5.13. The van der Waals surface area contributed by atoms with Gasteiger partial charge in [-0.05, 0) is 24.6 Å². The van der Waals surface area contributed by atoms with Crippen molar-refractivity contribution in [2.45, 2.75) is 20.4 Å². The summed E-state index contributed by atoms with van der Waals surface area (Å²) in [6.45, 7) is 5.73. The van der Waals surface area contributed by atoms with Gasteiger partial charge in [0.05, 0.1) is 11.6 Å². The Morgan fingerprint density at radius 2 is 2.28 bits per heavy atom. The molecule has 1 N–H and O–H groups in total. The summed E-state index contributed by atoms with van der Waals surface area (Å²) >= 11 is 6.01. The minimum absolute atomic E-state index is 0.418. The molecule has 2 aromatic rings. The highest BCUT2D eigenvalue weighted by Gasteiger charge is 2.12. The molecule has 0 aromatic carbocycles. The zero-order valence-corrected chi connectivity index (χ0v) is 11.1. The third kappa shape index (κ3) is 3.27. The first kappa shape index (κ1) is 13.0. The highest BCUT2D eigenvalue weighted by atomic mass is 35.5. The van der Waals surface area contributed by atoms with Gasteiger partial charge >= 0.3 is 0 Å². The molecule has 0 unspecified atom stereocenters. The van der Waals surface area contributed by atoms with Crippen LogP contribution in [0.15, 0.2) is 22.9 Å². The maximum atomic E-state index is 6.01. The lowest BCUT2D eigenvalue weighted by Gasteiger charge is -2.03. The molecule has 96 valence electrons. The molecule has 5 nitrogen and oxygen atoms in total. The summed E-state index contributed by atoms with van der Waals surface area (Å²) in [7, 11) is 0. The number of nitrogens with one attached hydrogen (secondary N) is 1. The van der Waals surface area contributed by atoms with Gasteiger partial charge in [-0.15, -0.1) is 0 Å². The summed E-state index contributed by atoms with van der Waals surface area (Å²) in [5, 5.41) is 7.62. The van der Waals surface area contributed by atoms with E-state index in [4.69, 9.17) is 16.1 Å². The first-order chi connectivity index (χ1) is 8.66. The predicted molar refractivity (Wildman–Crippen MR) is 69.1 cm³/mol. The minimum atomic E-state index is 0.418. The molecule has 0 spiro atoms. The molecule has 2 aromatic heterocycles. The van der Waals surface area contributed by atoms with Crippen LogP contribution in [0.4, 0.5) is 0 Å². The Morgan fingerprint density at radius 3 is 3.00 bits per heavy atom. The van der Waals surface area contributed by atoms with E-state index in [-0.39, 0.29) is 0 Å². The summed E-state index contributed by atoms with van der Waals surface area (Å²) in [5.74, 6) is 1.53. The molecule has 18 heavy (non-hydrogen) atoms. The lowest BCUT2D eigenvalue weighted by atomic mass is 10.2. The van der Waals surface area contributed by atoms with Crippen LogP contribution in [0.5, 0.6) is 0 Å². The van der Waals surface area contributed by atoms with Crippen molar-refractivity contribution in [3.63, 3.8) is 0 Å². The Morgan fingerprint density at radius 1 is 1.44 bits per heavy atom. The summed E-state index contributed by atoms with van der Waals surface area (Å²) in [6, 6.07) is 3.51.